The van der Waals surface area contributed by atoms with Crippen molar-refractivity contribution in [2.24, 2.45) is 5.92 Å². The van der Waals surface area contributed by atoms with Crippen LogP contribution in [0.3, 0.4) is 0 Å². The van der Waals surface area contributed by atoms with Crippen LogP contribution < -0.4 is 0 Å². The second-order valence-electron chi connectivity index (χ2n) is 4.68. The molecule has 8 heteroatoms. The predicted molar refractivity (Wildman–Crippen MR) is 71.7 cm³/mol. The smallest absolute Gasteiger partial charge is 0.303 e. The van der Waals surface area contributed by atoms with E-state index in [-0.39, 0.29) is 19.4 Å². The van der Waals surface area contributed by atoms with E-state index < -0.39 is 26.3 Å². The molecule has 1 aromatic rings. The predicted octanol–water partition coefficient (Wildman–Crippen LogP) is 3.47. The molecule has 1 rings (SSSR count). The average Bonchev–Trinajstić information content (AvgIpc) is 2.41. The summed E-state index contributed by atoms with van der Waals surface area (Å²) in [7, 11) is -4.62. The molecule has 0 aliphatic heterocycles. The van der Waals surface area contributed by atoms with Crippen LogP contribution in [0.2, 0.25) is 0 Å². The second kappa shape index (κ2) is 7.94. The summed E-state index contributed by atoms with van der Waals surface area (Å²) in [5.74, 6) is -0.860. The highest BCUT2D eigenvalue weighted by Gasteiger charge is 2.29. The lowest BCUT2D eigenvalue weighted by Gasteiger charge is -2.20. The van der Waals surface area contributed by atoms with Gasteiger partial charge in [-0.1, -0.05) is 31.2 Å². The van der Waals surface area contributed by atoms with E-state index in [1.807, 2.05) is 0 Å². The molecule has 2 atom stereocenters. The molecular weight excluding hydrogens is 308 g/mol. The third-order valence-corrected chi connectivity index (χ3v) is 3.67. The first-order chi connectivity index (χ1) is 9.74. The van der Waals surface area contributed by atoms with E-state index in [0.29, 0.717) is 11.1 Å². The number of halogens is 3. The SMILES string of the molecule is CCC(Cc1ccccc1COP(=O)(O)O)C(F)C(F)F. The Morgan fingerprint density at radius 3 is 2.24 bits per heavy atom. The molecule has 0 aliphatic rings. The summed E-state index contributed by atoms with van der Waals surface area (Å²) in [4.78, 5) is 17.4. The molecule has 0 amide bonds. The van der Waals surface area contributed by atoms with Gasteiger partial charge in [-0.2, -0.15) is 0 Å². The number of hydrogen-bond acceptors (Lipinski definition) is 2. The molecule has 21 heavy (non-hydrogen) atoms. The Morgan fingerprint density at radius 1 is 1.19 bits per heavy atom. The Labute approximate surface area is 121 Å². The molecule has 0 radical (unpaired) electrons. The molecule has 0 bridgehead atoms. The van der Waals surface area contributed by atoms with Gasteiger partial charge in [-0.25, -0.2) is 17.7 Å². The molecule has 2 unspecified atom stereocenters. The zero-order valence-corrected chi connectivity index (χ0v) is 12.3. The van der Waals surface area contributed by atoms with Gasteiger partial charge < -0.3 is 9.79 Å². The lowest BCUT2D eigenvalue weighted by molar-refractivity contribution is 0.0148. The van der Waals surface area contributed by atoms with Crippen molar-refractivity contribution in [2.45, 2.75) is 39.0 Å². The van der Waals surface area contributed by atoms with Crippen LogP contribution in [0.5, 0.6) is 0 Å². The van der Waals surface area contributed by atoms with Crippen LogP contribution >= 0.6 is 7.82 Å². The van der Waals surface area contributed by atoms with Crippen LogP contribution in [0.1, 0.15) is 24.5 Å². The highest BCUT2D eigenvalue weighted by Crippen LogP contribution is 2.37. The van der Waals surface area contributed by atoms with Gasteiger partial charge in [0.05, 0.1) is 6.61 Å². The zero-order chi connectivity index (χ0) is 16.0. The number of rotatable bonds is 8. The molecule has 1 aromatic carbocycles. The quantitative estimate of drug-likeness (QED) is 0.718. The summed E-state index contributed by atoms with van der Waals surface area (Å²) < 4.78 is 53.5. The molecule has 0 heterocycles. The highest BCUT2D eigenvalue weighted by molar-refractivity contribution is 7.46. The van der Waals surface area contributed by atoms with Crippen LogP contribution in [-0.4, -0.2) is 22.4 Å². The molecule has 0 fully saturated rings. The fourth-order valence-electron chi connectivity index (χ4n) is 2.02. The minimum atomic E-state index is -4.62. The number of benzene rings is 1. The van der Waals surface area contributed by atoms with Gasteiger partial charge >= 0.3 is 7.82 Å². The Hall–Kier alpha value is -0.880. The fourth-order valence-corrected chi connectivity index (χ4v) is 2.33. The number of alkyl halides is 3. The standard InChI is InChI=1S/C13H18F3O4P/c1-2-9(12(14)13(15)16)7-10-5-3-4-6-11(10)8-20-21(17,18)19/h3-6,9,12-13H,2,7-8H2,1H3,(H2,17,18,19). The van der Waals surface area contributed by atoms with Crippen molar-refractivity contribution in [1.82, 2.24) is 0 Å². The van der Waals surface area contributed by atoms with Gasteiger partial charge in [0.25, 0.3) is 6.43 Å². The lowest BCUT2D eigenvalue weighted by Crippen LogP contribution is -2.25. The summed E-state index contributed by atoms with van der Waals surface area (Å²) in [5, 5.41) is 0. The van der Waals surface area contributed by atoms with E-state index in [0.717, 1.165) is 0 Å². The van der Waals surface area contributed by atoms with E-state index in [2.05, 4.69) is 4.52 Å². The summed E-state index contributed by atoms with van der Waals surface area (Å²) in [5.41, 5.74) is 0.988. The van der Waals surface area contributed by atoms with Crippen LogP contribution in [0.25, 0.3) is 0 Å². The molecule has 0 aromatic heterocycles. The van der Waals surface area contributed by atoms with E-state index in [1.54, 1.807) is 31.2 Å². The monoisotopic (exact) mass is 326 g/mol. The average molecular weight is 326 g/mol. The van der Waals surface area contributed by atoms with Gasteiger partial charge in [0.2, 0.25) is 0 Å². The molecule has 0 aliphatic carbocycles. The minimum absolute atomic E-state index is 0.0582. The Kier molecular flexibility index (Phi) is 6.87. The summed E-state index contributed by atoms with van der Waals surface area (Å²) in [6.07, 6.45) is -4.98. The van der Waals surface area contributed by atoms with Crippen LogP contribution in [-0.2, 0) is 22.1 Å². The van der Waals surface area contributed by atoms with Crippen LogP contribution in [0.15, 0.2) is 24.3 Å². The Balaban J connectivity index is 2.84. The first-order valence-electron chi connectivity index (χ1n) is 6.43. The van der Waals surface area contributed by atoms with Crippen LogP contribution in [0, 0.1) is 5.92 Å². The minimum Gasteiger partial charge on any atom is -0.303 e. The van der Waals surface area contributed by atoms with Gasteiger partial charge in [0.1, 0.15) is 0 Å². The van der Waals surface area contributed by atoms with Crippen LogP contribution in [0.4, 0.5) is 13.2 Å². The second-order valence-corrected chi connectivity index (χ2v) is 5.92. The summed E-state index contributed by atoms with van der Waals surface area (Å²) >= 11 is 0. The topological polar surface area (TPSA) is 66.8 Å². The fraction of sp³-hybridized carbons (Fsp3) is 0.538. The maximum atomic E-state index is 13.5. The van der Waals surface area contributed by atoms with Crippen molar-refractivity contribution < 1.29 is 32.0 Å². The maximum Gasteiger partial charge on any atom is 0.469 e. The first-order valence-corrected chi connectivity index (χ1v) is 7.96. The molecule has 0 saturated heterocycles. The number of phosphoric ester groups is 1. The van der Waals surface area contributed by atoms with Crippen molar-refractivity contribution in [2.75, 3.05) is 0 Å². The van der Waals surface area contributed by atoms with Crippen molar-refractivity contribution in [3.63, 3.8) is 0 Å². The third-order valence-electron chi connectivity index (χ3n) is 3.20. The van der Waals surface area contributed by atoms with Gasteiger partial charge in [-0.3, -0.25) is 4.52 Å². The Bertz CT molecular complexity index is 492. The molecule has 2 N–H and O–H groups in total. The lowest BCUT2D eigenvalue weighted by atomic mass is 9.90. The molecule has 0 saturated carbocycles. The van der Waals surface area contributed by atoms with Crippen molar-refractivity contribution in [3.05, 3.63) is 35.4 Å². The van der Waals surface area contributed by atoms with E-state index in [1.165, 1.54) is 0 Å². The van der Waals surface area contributed by atoms with E-state index in [9.17, 15) is 17.7 Å². The summed E-state index contributed by atoms with van der Waals surface area (Å²) in [6.45, 7) is 1.26. The third kappa shape index (κ3) is 6.18. The number of phosphoric acid groups is 1. The van der Waals surface area contributed by atoms with Crippen molar-refractivity contribution in [3.8, 4) is 0 Å². The maximum absolute atomic E-state index is 13.5. The van der Waals surface area contributed by atoms with E-state index in [4.69, 9.17) is 9.79 Å². The van der Waals surface area contributed by atoms with Crippen molar-refractivity contribution >= 4 is 7.82 Å². The first kappa shape index (κ1) is 18.2. The van der Waals surface area contributed by atoms with Gasteiger partial charge in [-0.15, -0.1) is 0 Å². The van der Waals surface area contributed by atoms with Gasteiger partial charge in [-0.05, 0) is 29.9 Å². The largest absolute Gasteiger partial charge is 0.469 e. The van der Waals surface area contributed by atoms with Gasteiger partial charge in [0, 0.05) is 0 Å². The molecular formula is C13H18F3O4P. The van der Waals surface area contributed by atoms with E-state index >= 15 is 0 Å². The molecule has 120 valence electrons. The highest BCUT2D eigenvalue weighted by atomic mass is 31.2. The molecule has 4 nitrogen and oxygen atoms in total. The normalized spacial score (nSPS) is 15.2. The zero-order valence-electron chi connectivity index (χ0n) is 11.5. The molecule has 0 spiro atoms. The van der Waals surface area contributed by atoms with Gasteiger partial charge in [0.15, 0.2) is 6.17 Å². The Morgan fingerprint density at radius 2 is 1.76 bits per heavy atom. The summed E-state index contributed by atoms with van der Waals surface area (Å²) in [6, 6.07) is 6.45. The number of hydrogen-bond donors (Lipinski definition) is 2. The van der Waals surface area contributed by atoms with Crippen molar-refractivity contribution in [1.29, 1.82) is 0 Å².